The molecule has 3 aromatic rings. The molecule has 0 fully saturated rings. The molecule has 6 heteroatoms. The number of hydrogen-bond acceptors (Lipinski definition) is 6. The number of para-hydroxylation sites is 1. The van der Waals surface area contributed by atoms with Gasteiger partial charge in [-0.1, -0.05) is 18.2 Å². The van der Waals surface area contributed by atoms with Crippen LogP contribution in [0.2, 0.25) is 0 Å². The first-order valence-corrected chi connectivity index (χ1v) is 8.57. The highest BCUT2D eigenvalue weighted by molar-refractivity contribution is 5.84. The molecule has 1 heterocycles. The summed E-state index contributed by atoms with van der Waals surface area (Å²) in [5.41, 5.74) is 1.26. The van der Waals surface area contributed by atoms with Crippen LogP contribution in [0.3, 0.4) is 0 Å². The first-order chi connectivity index (χ1) is 13.0. The normalized spacial score (nSPS) is 11.8. The second kappa shape index (κ2) is 7.95. The SMILES string of the molecule is CCOC(=O)C(C)Oc1ccc2c(=O)c(-c3ccccc3OC)coc2c1. The number of carbonyl (C=O) groups is 1. The van der Waals surface area contributed by atoms with E-state index >= 15 is 0 Å². The lowest BCUT2D eigenvalue weighted by molar-refractivity contribution is -0.150. The van der Waals surface area contributed by atoms with Crippen molar-refractivity contribution in [2.75, 3.05) is 13.7 Å². The van der Waals surface area contributed by atoms with Crippen molar-refractivity contribution in [2.45, 2.75) is 20.0 Å². The quantitative estimate of drug-likeness (QED) is 0.616. The standard InChI is InChI=1S/C21H20O6/c1-4-25-21(23)13(2)27-14-9-10-16-19(11-14)26-12-17(20(16)22)15-7-5-6-8-18(15)24-3/h5-13H,4H2,1-3H3. The molecule has 2 aromatic carbocycles. The third kappa shape index (κ3) is 3.79. The van der Waals surface area contributed by atoms with E-state index in [4.69, 9.17) is 18.6 Å². The van der Waals surface area contributed by atoms with Crippen LogP contribution in [-0.2, 0) is 9.53 Å². The lowest BCUT2D eigenvalue weighted by atomic mass is 10.0. The number of esters is 1. The van der Waals surface area contributed by atoms with Crippen molar-refractivity contribution in [3.63, 3.8) is 0 Å². The van der Waals surface area contributed by atoms with Crippen LogP contribution in [0.15, 0.2) is 57.9 Å². The molecule has 3 rings (SSSR count). The molecule has 140 valence electrons. The maximum atomic E-state index is 12.9. The third-order valence-electron chi connectivity index (χ3n) is 4.07. The summed E-state index contributed by atoms with van der Waals surface area (Å²) in [6.07, 6.45) is 0.642. The van der Waals surface area contributed by atoms with Crippen molar-refractivity contribution in [1.82, 2.24) is 0 Å². The molecule has 0 N–H and O–H groups in total. The van der Waals surface area contributed by atoms with Crippen LogP contribution >= 0.6 is 0 Å². The highest BCUT2D eigenvalue weighted by Crippen LogP contribution is 2.29. The number of methoxy groups -OCH3 is 1. The highest BCUT2D eigenvalue weighted by Gasteiger charge is 2.17. The fourth-order valence-corrected chi connectivity index (χ4v) is 2.75. The Morgan fingerprint density at radius 2 is 1.93 bits per heavy atom. The molecule has 27 heavy (non-hydrogen) atoms. The van der Waals surface area contributed by atoms with Gasteiger partial charge in [-0.3, -0.25) is 4.79 Å². The van der Waals surface area contributed by atoms with Crippen molar-refractivity contribution in [3.8, 4) is 22.6 Å². The average Bonchev–Trinajstić information content (AvgIpc) is 2.68. The summed E-state index contributed by atoms with van der Waals surface area (Å²) in [6.45, 7) is 3.61. The van der Waals surface area contributed by atoms with E-state index in [1.807, 2.05) is 12.1 Å². The van der Waals surface area contributed by atoms with Gasteiger partial charge < -0.3 is 18.6 Å². The largest absolute Gasteiger partial charge is 0.496 e. The van der Waals surface area contributed by atoms with Crippen molar-refractivity contribution < 1.29 is 23.4 Å². The third-order valence-corrected chi connectivity index (χ3v) is 4.07. The zero-order valence-electron chi connectivity index (χ0n) is 15.4. The first-order valence-electron chi connectivity index (χ1n) is 8.57. The molecule has 0 radical (unpaired) electrons. The maximum Gasteiger partial charge on any atom is 0.347 e. The van der Waals surface area contributed by atoms with Gasteiger partial charge in [0, 0.05) is 11.6 Å². The molecule has 0 saturated carbocycles. The van der Waals surface area contributed by atoms with Gasteiger partial charge in [0.1, 0.15) is 23.3 Å². The summed E-state index contributed by atoms with van der Waals surface area (Å²) in [7, 11) is 1.55. The second-order valence-electron chi connectivity index (χ2n) is 5.85. The van der Waals surface area contributed by atoms with E-state index in [-0.39, 0.29) is 12.0 Å². The zero-order chi connectivity index (χ0) is 19.4. The first kappa shape index (κ1) is 18.5. The minimum atomic E-state index is -0.762. The van der Waals surface area contributed by atoms with Gasteiger partial charge in [0.05, 0.1) is 24.7 Å². The molecular weight excluding hydrogens is 348 g/mol. The zero-order valence-corrected chi connectivity index (χ0v) is 15.4. The van der Waals surface area contributed by atoms with Crippen LogP contribution in [0.1, 0.15) is 13.8 Å². The molecule has 0 bridgehead atoms. The predicted molar refractivity (Wildman–Crippen MR) is 101 cm³/mol. The Bertz CT molecular complexity index is 1020. The molecular formula is C21H20O6. The van der Waals surface area contributed by atoms with Crippen LogP contribution < -0.4 is 14.9 Å². The molecule has 1 atom stereocenters. The maximum absolute atomic E-state index is 12.9. The minimum absolute atomic E-state index is 0.175. The van der Waals surface area contributed by atoms with Crippen LogP contribution in [0.25, 0.3) is 22.1 Å². The van der Waals surface area contributed by atoms with E-state index in [0.717, 1.165) is 0 Å². The van der Waals surface area contributed by atoms with Gasteiger partial charge in [-0.2, -0.15) is 0 Å². The van der Waals surface area contributed by atoms with Crippen LogP contribution in [0.5, 0.6) is 11.5 Å². The number of hydrogen-bond donors (Lipinski definition) is 0. The van der Waals surface area contributed by atoms with Gasteiger partial charge in [-0.25, -0.2) is 4.79 Å². The lowest BCUT2D eigenvalue weighted by Gasteiger charge is -2.13. The van der Waals surface area contributed by atoms with E-state index in [0.29, 0.717) is 33.6 Å². The summed E-state index contributed by atoms with van der Waals surface area (Å²) >= 11 is 0. The van der Waals surface area contributed by atoms with Gasteiger partial charge in [0.25, 0.3) is 0 Å². The average molecular weight is 368 g/mol. The van der Waals surface area contributed by atoms with Crippen molar-refractivity contribution in [2.24, 2.45) is 0 Å². The highest BCUT2D eigenvalue weighted by atomic mass is 16.6. The van der Waals surface area contributed by atoms with Crippen molar-refractivity contribution in [1.29, 1.82) is 0 Å². The number of benzene rings is 2. The summed E-state index contributed by atoms with van der Waals surface area (Å²) in [5, 5.41) is 0.412. The van der Waals surface area contributed by atoms with E-state index in [1.165, 1.54) is 6.26 Å². The van der Waals surface area contributed by atoms with Gasteiger partial charge in [-0.15, -0.1) is 0 Å². The second-order valence-corrected chi connectivity index (χ2v) is 5.85. The Hall–Kier alpha value is -3.28. The summed E-state index contributed by atoms with van der Waals surface area (Å²) in [4.78, 5) is 24.6. The lowest BCUT2D eigenvalue weighted by Crippen LogP contribution is -2.26. The van der Waals surface area contributed by atoms with E-state index in [9.17, 15) is 9.59 Å². The predicted octanol–water partition coefficient (Wildman–Crippen LogP) is 3.80. The Balaban J connectivity index is 1.96. The Morgan fingerprint density at radius 1 is 1.15 bits per heavy atom. The van der Waals surface area contributed by atoms with E-state index < -0.39 is 12.1 Å². The molecule has 1 unspecified atom stereocenters. The molecule has 0 saturated heterocycles. The number of rotatable bonds is 6. The van der Waals surface area contributed by atoms with Crippen molar-refractivity contribution in [3.05, 3.63) is 59.0 Å². The van der Waals surface area contributed by atoms with Crippen LogP contribution in [0.4, 0.5) is 0 Å². The monoisotopic (exact) mass is 368 g/mol. The smallest absolute Gasteiger partial charge is 0.347 e. The minimum Gasteiger partial charge on any atom is -0.496 e. The topological polar surface area (TPSA) is 75.0 Å². The van der Waals surface area contributed by atoms with E-state index in [2.05, 4.69) is 0 Å². The molecule has 0 aliphatic rings. The molecule has 6 nitrogen and oxygen atoms in total. The van der Waals surface area contributed by atoms with Gasteiger partial charge in [0.15, 0.2) is 6.10 Å². The summed E-state index contributed by atoms with van der Waals surface area (Å²) in [6, 6.07) is 12.1. The Morgan fingerprint density at radius 3 is 2.67 bits per heavy atom. The van der Waals surface area contributed by atoms with Gasteiger partial charge >= 0.3 is 5.97 Å². The molecule has 1 aromatic heterocycles. The molecule has 0 spiro atoms. The van der Waals surface area contributed by atoms with Crippen LogP contribution in [0, 0.1) is 0 Å². The fourth-order valence-electron chi connectivity index (χ4n) is 2.75. The number of carbonyl (C=O) groups excluding carboxylic acids is 1. The Kier molecular flexibility index (Phi) is 5.45. The van der Waals surface area contributed by atoms with Gasteiger partial charge in [0.2, 0.25) is 5.43 Å². The fraction of sp³-hybridized carbons (Fsp3) is 0.238. The number of fused-ring (bicyclic) bond motifs is 1. The Labute approximate surface area is 156 Å². The molecule has 0 aliphatic heterocycles. The van der Waals surface area contributed by atoms with Crippen LogP contribution in [-0.4, -0.2) is 25.8 Å². The van der Waals surface area contributed by atoms with Crippen molar-refractivity contribution >= 4 is 16.9 Å². The van der Waals surface area contributed by atoms with Gasteiger partial charge in [-0.05, 0) is 32.0 Å². The molecule has 0 amide bonds. The number of ether oxygens (including phenoxy) is 3. The summed E-state index contributed by atoms with van der Waals surface area (Å²) < 4.78 is 21.5. The summed E-state index contributed by atoms with van der Waals surface area (Å²) in [5.74, 6) is 0.550. The molecule has 0 aliphatic carbocycles. The van der Waals surface area contributed by atoms with E-state index in [1.54, 1.807) is 51.3 Å².